The quantitative estimate of drug-likeness (QED) is 0.685. The van der Waals surface area contributed by atoms with Gasteiger partial charge < -0.3 is 5.32 Å². The first kappa shape index (κ1) is 23.2. The van der Waals surface area contributed by atoms with Gasteiger partial charge in [-0.1, -0.05) is 33.6 Å². The number of halogens is 1. The van der Waals surface area contributed by atoms with E-state index in [-0.39, 0.29) is 17.7 Å². The van der Waals surface area contributed by atoms with E-state index in [9.17, 15) is 17.6 Å². The summed E-state index contributed by atoms with van der Waals surface area (Å²) in [5, 5.41) is 2.01. The third-order valence-electron chi connectivity index (χ3n) is 5.17. The Morgan fingerprint density at radius 1 is 1.21 bits per heavy atom. The summed E-state index contributed by atoms with van der Waals surface area (Å²) in [6.45, 7) is 9.20. The molecule has 2 rings (SSSR count). The van der Waals surface area contributed by atoms with Crippen LogP contribution in [0, 0.1) is 18.2 Å². The van der Waals surface area contributed by atoms with Crippen LogP contribution in [-0.2, 0) is 10.0 Å². The number of likely N-dealkylation sites (tertiary alicyclic amines) is 1. The number of nitrogens with one attached hydrogen (secondary N) is 2. The van der Waals surface area contributed by atoms with E-state index >= 15 is 0 Å². The van der Waals surface area contributed by atoms with Gasteiger partial charge >= 0.3 is 6.03 Å². The van der Waals surface area contributed by atoms with Crippen molar-refractivity contribution in [2.24, 2.45) is 0 Å². The summed E-state index contributed by atoms with van der Waals surface area (Å²) >= 11 is 0. The second-order valence-electron chi connectivity index (χ2n) is 8.05. The second kappa shape index (κ2) is 9.59. The maximum atomic E-state index is 14.0. The highest BCUT2D eigenvalue weighted by Crippen LogP contribution is 2.33. The number of piperidine rings is 1. The van der Waals surface area contributed by atoms with Gasteiger partial charge in [-0.05, 0) is 47.9 Å². The Morgan fingerprint density at radius 2 is 1.72 bits per heavy atom. The Bertz CT molecular complexity index is 854. The van der Waals surface area contributed by atoms with Gasteiger partial charge in [0.25, 0.3) is 0 Å². The van der Waals surface area contributed by atoms with Crippen LogP contribution in [0.5, 0.6) is 0 Å². The molecule has 1 heterocycles. The van der Waals surface area contributed by atoms with Crippen molar-refractivity contribution in [1.29, 1.82) is 0 Å². The number of hydrogen-bond acceptors (Lipinski definition) is 4. The van der Waals surface area contributed by atoms with Crippen LogP contribution in [-0.4, -0.2) is 44.2 Å². The maximum absolute atomic E-state index is 14.0. The third kappa shape index (κ3) is 5.94. The summed E-state index contributed by atoms with van der Waals surface area (Å²) in [5.41, 5.74) is 1.72. The Morgan fingerprint density at radius 3 is 2.17 bits per heavy atom. The fraction of sp³-hybridized carbons (Fsp3) is 0.571. The van der Waals surface area contributed by atoms with E-state index < -0.39 is 21.3 Å². The van der Waals surface area contributed by atoms with E-state index in [4.69, 9.17) is 6.42 Å². The molecule has 29 heavy (non-hydrogen) atoms. The minimum Gasteiger partial charge on any atom is -0.307 e. The first-order valence-electron chi connectivity index (χ1n) is 9.87. The van der Waals surface area contributed by atoms with E-state index in [1.165, 1.54) is 12.1 Å². The Kier molecular flexibility index (Phi) is 7.66. The van der Waals surface area contributed by atoms with Crippen molar-refractivity contribution in [1.82, 2.24) is 9.62 Å². The van der Waals surface area contributed by atoms with E-state index in [1.807, 2.05) is 32.6 Å². The molecule has 0 aromatic heterocycles. The third-order valence-corrected chi connectivity index (χ3v) is 6.99. The van der Waals surface area contributed by atoms with Crippen LogP contribution in [0.15, 0.2) is 12.1 Å². The molecular weight excluding hydrogens is 393 g/mol. The van der Waals surface area contributed by atoms with Crippen LogP contribution in [0.3, 0.4) is 0 Å². The number of amides is 2. The molecule has 8 heteroatoms. The maximum Gasteiger partial charge on any atom is 0.332 e. The Hall–Kier alpha value is -2.11. The lowest BCUT2D eigenvalue weighted by atomic mass is 9.92. The number of terminal acetylenes is 1. The summed E-state index contributed by atoms with van der Waals surface area (Å²) in [6, 6.07) is 1.93. The first-order chi connectivity index (χ1) is 13.5. The van der Waals surface area contributed by atoms with Crippen LogP contribution in [0.25, 0.3) is 0 Å². The van der Waals surface area contributed by atoms with Gasteiger partial charge in [0.05, 0.1) is 11.8 Å². The zero-order valence-electron chi connectivity index (χ0n) is 17.5. The van der Waals surface area contributed by atoms with Crippen molar-refractivity contribution in [3.63, 3.8) is 0 Å². The highest BCUT2D eigenvalue weighted by atomic mass is 32.2. The van der Waals surface area contributed by atoms with Crippen molar-refractivity contribution < 1.29 is 17.6 Å². The van der Waals surface area contributed by atoms with Gasteiger partial charge in [0.15, 0.2) is 0 Å². The minimum atomic E-state index is -3.83. The molecule has 0 spiro atoms. The van der Waals surface area contributed by atoms with Gasteiger partial charge in [-0.15, -0.1) is 6.42 Å². The number of nitrogens with zero attached hydrogens (tertiary/aromatic N) is 1. The number of hydrogen-bond donors (Lipinski definition) is 2. The molecule has 0 radical (unpaired) electrons. The lowest BCUT2D eigenvalue weighted by Crippen LogP contribution is -2.46. The SMILES string of the molecule is C#CCN1CCC(S(=O)(=O)NC(=O)Nc2c(C(C)C)cc(F)cc2C(C)C)CC1. The molecule has 1 fully saturated rings. The van der Waals surface area contributed by atoms with Crippen molar-refractivity contribution in [2.45, 2.75) is 57.6 Å². The van der Waals surface area contributed by atoms with Crippen LogP contribution in [0.4, 0.5) is 14.9 Å². The minimum absolute atomic E-state index is 0.0458. The van der Waals surface area contributed by atoms with Crippen LogP contribution in [0.2, 0.25) is 0 Å². The predicted molar refractivity (Wildman–Crippen MR) is 114 cm³/mol. The average Bonchev–Trinajstić information content (AvgIpc) is 2.62. The Labute approximate surface area is 173 Å². The molecule has 1 saturated heterocycles. The molecule has 6 nitrogen and oxygen atoms in total. The van der Waals surface area contributed by atoms with Gasteiger partial charge in [-0.25, -0.2) is 22.3 Å². The van der Waals surface area contributed by atoms with E-state index in [1.54, 1.807) is 0 Å². The predicted octanol–water partition coefficient (Wildman–Crippen LogP) is 3.62. The molecule has 1 aliphatic rings. The number of benzene rings is 1. The number of urea groups is 1. The number of sulfonamides is 1. The summed E-state index contributed by atoms with van der Waals surface area (Å²) < 4.78 is 41.5. The summed E-state index contributed by atoms with van der Waals surface area (Å²) in [5.74, 6) is 2.08. The van der Waals surface area contributed by atoms with Gasteiger partial charge in [0, 0.05) is 18.8 Å². The van der Waals surface area contributed by atoms with Crippen molar-refractivity contribution in [3.05, 3.63) is 29.1 Å². The van der Waals surface area contributed by atoms with Crippen molar-refractivity contribution in [2.75, 3.05) is 25.0 Å². The Balaban J connectivity index is 2.16. The molecule has 1 aliphatic heterocycles. The van der Waals surface area contributed by atoms with Crippen molar-refractivity contribution in [3.8, 4) is 12.3 Å². The number of carbonyl (C=O) groups excluding carboxylic acids is 1. The van der Waals surface area contributed by atoms with Gasteiger partial charge in [0.1, 0.15) is 5.82 Å². The fourth-order valence-corrected chi connectivity index (χ4v) is 4.87. The smallest absolute Gasteiger partial charge is 0.307 e. The highest BCUT2D eigenvalue weighted by Gasteiger charge is 2.31. The zero-order chi connectivity index (χ0) is 21.8. The molecule has 0 bridgehead atoms. The van der Waals surface area contributed by atoms with E-state index in [0.717, 1.165) is 0 Å². The molecule has 0 atom stereocenters. The topological polar surface area (TPSA) is 78.5 Å². The summed E-state index contributed by atoms with van der Waals surface area (Å²) in [7, 11) is -3.83. The molecule has 0 saturated carbocycles. The fourth-order valence-electron chi connectivity index (χ4n) is 3.56. The average molecular weight is 424 g/mol. The molecule has 2 N–H and O–H groups in total. The van der Waals surface area contributed by atoms with Crippen LogP contribution < -0.4 is 10.0 Å². The van der Waals surface area contributed by atoms with Gasteiger partial charge in [-0.2, -0.15) is 0 Å². The van der Waals surface area contributed by atoms with E-state index in [0.29, 0.717) is 49.3 Å². The molecular formula is C21H30FN3O3S. The largest absolute Gasteiger partial charge is 0.332 e. The summed E-state index contributed by atoms with van der Waals surface area (Å²) in [6.07, 6.45) is 6.12. The second-order valence-corrected chi connectivity index (χ2v) is 10.0. The molecule has 160 valence electrons. The zero-order valence-corrected chi connectivity index (χ0v) is 18.3. The van der Waals surface area contributed by atoms with Crippen molar-refractivity contribution >= 4 is 21.7 Å². The standard InChI is InChI=1S/C21H30FN3O3S/c1-6-9-25-10-7-17(8-11-25)29(27,28)24-21(26)23-20-18(14(2)3)12-16(22)13-19(20)15(4)5/h1,12-15,17H,7-11H2,2-5H3,(H2,23,24,26). The van der Waals surface area contributed by atoms with Crippen LogP contribution in [0.1, 0.15) is 63.5 Å². The molecule has 0 unspecified atom stereocenters. The number of anilines is 1. The lowest BCUT2D eigenvalue weighted by molar-refractivity contribution is 0.251. The molecule has 0 aliphatic carbocycles. The lowest BCUT2D eigenvalue weighted by Gasteiger charge is -2.30. The van der Waals surface area contributed by atoms with Gasteiger partial charge in [0.2, 0.25) is 10.0 Å². The first-order valence-corrected chi connectivity index (χ1v) is 11.4. The molecule has 2 amide bonds. The molecule has 1 aromatic carbocycles. The normalized spacial score (nSPS) is 16.1. The number of carbonyl (C=O) groups is 1. The number of rotatable bonds is 6. The monoisotopic (exact) mass is 423 g/mol. The summed E-state index contributed by atoms with van der Waals surface area (Å²) in [4.78, 5) is 14.5. The van der Waals surface area contributed by atoms with Gasteiger partial charge in [-0.3, -0.25) is 4.90 Å². The highest BCUT2D eigenvalue weighted by molar-refractivity contribution is 7.90. The van der Waals surface area contributed by atoms with Crippen LogP contribution >= 0.6 is 0 Å². The van der Waals surface area contributed by atoms with E-state index in [2.05, 4.69) is 16.0 Å². The molecule has 1 aromatic rings.